The van der Waals surface area contributed by atoms with Gasteiger partial charge in [-0.25, -0.2) is 0 Å². The molecule has 0 aliphatic heterocycles. The molecular weight excluding hydrogens is 292 g/mol. The van der Waals surface area contributed by atoms with E-state index in [-0.39, 0.29) is 38.8 Å². The van der Waals surface area contributed by atoms with Crippen LogP contribution < -0.4 is 0 Å². The molecule has 0 amide bonds. The summed E-state index contributed by atoms with van der Waals surface area (Å²) in [5, 5.41) is 57.6. The number of carboxylic acid groups (broad SMARTS) is 1. The van der Waals surface area contributed by atoms with Crippen LogP contribution in [-0.2, 0) is 4.79 Å². The van der Waals surface area contributed by atoms with Crippen molar-refractivity contribution in [3.63, 3.8) is 0 Å². The highest BCUT2D eigenvalue weighted by Gasteiger charge is 2.24. The molecule has 0 saturated carbocycles. The van der Waals surface area contributed by atoms with Gasteiger partial charge in [0, 0.05) is 5.41 Å². The van der Waals surface area contributed by atoms with Gasteiger partial charge in [-0.1, -0.05) is 6.92 Å². The SMILES string of the molecule is CCC(CO)(CO)CO.O=C(O)CS.OCC(O)CO. The van der Waals surface area contributed by atoms with E-state index in [1.54, 1.807) is 0 Å². The molecule has 124 valence electrons. The van der Waals surface area contributed by atoms with Crippen molar-refractivity contribution in [2.45, 2.75) is 19.4 Å². The average molecular weight is 318 g/mol. The summed E-state index contributed by atoms with van der Waals surface area (Å²) in [6.45, 7) is 0.624. The van der Waals surface area contributed by atoms with E-state index >= 15 is 0 Å². The smallest absolute Gasteiger partial charge is 0.313 e. The molecule has 8 nitrogen and oxygen atoms in total. The summed E-state index contributed by atoms with van der Waals surface area (Å²) >= 11 is 3.42. The Morgan fingerprint density at radius 1 is 1.05 bits per heavy atom. The summed E-state index contributed by atoms with van der Waals surface area (Å²) in [6.07, 6.45) is -0.360. The Balaban J connectivity index is -0.000000230. The highest BCUT2D eigenvalue weighted by Crippen LogP contribution is 2.18. The first kappa shape index (κ1) is 24.6. The number of rotatable bonds is 7. The lowest BCUT2D eigenvalue weighted by Gasteiger charge is -2.24. The Hall–Kier alpha value is -0.420. The lowest BCUT2D eigenvalue weighted by Crippen LogP contribution is -2.32. The Labute approximate surface area is 123 Å². The second-order valence-corrected chi connectivity index (χ2v) is 4.21. The fourth-order valence-electron chi connectivity index (χ4n) is 0.543. The average Bonchev–Trinajstić information content (AvgIpc) is 2.50. The van der Waals surface area contributed by atoms with Crippen molar-refractivity contribution < 1.29 is 40.5 Å². The highest BCUT2D eigenvalue weighted by atomic mass is 32.1. The zero-order valence-electron chi connectivity index (χ0n) is 11.5. The van der Waals surface area contributed by atoms with Gasteiger partial charge in [-0.2, -0.15) is 12.6 Å². The summed E-state index contributed by atoms with van der Waals surface area (Å²) in [5.74, 6) is -0.965. The number of hydrogen-bond acceptors (Lipinski definition) is 8. The van der Waals surface area contributed by atoms with Crippen molar-refractivity contribution in [2.75, 3.05) is 38.8 Å². The van der Waals surface area contributed by atoms with Crippen molar-refractivity contribution in [3.05, 3.63) is 0 Å². The van der Waals surface area contributed by atoms with Crippen LogP contribution in [0.2, 0.25) is 0 Å². The number of carbonyl (C=O) groups is 1. The maximum atomic E-state index is 9.29. The first-order valence-electron chi connectivity index (χ1n) is 5.87. The Kier molecular flexibility index (Phi) is 20.5. The van der Waals surface area contributed by atoms with Crippen LogP contribution in [0.3, 0.4) is 0 Å². The van der Waals surface area contributed by atoms with Crippen molar-refractivity contribution in [1.29, 1.82) is 0 Å². The third-order valence-corrected chi connectivity index (χ3v) is 2.58. The summed E-state index contributed by atoms with van der Waals surface area (Å²) in [5.41, 5.74) is -0.667. The molecule has 0 atom stereocenters. The molecule has 0 aromatic rings. The molecular formula is C11H26O8S. The lowest BCUT2D eigenvalue weighted by atomic mass is 9.88. The Morgan fingerprint density at radius 2 is 1.35 bits per heavy atom. The molecule has 0 aromatic heterocycles. The minimum Gasteiger partial charge on any atom is -0.481 e. The van der Waals surface area contributed by atoms with Gasteiger partial charge in [0.1, 0.15) is 6.10 Å². The van der Waals surface area contributed by atoms with Crippen LogP contribution in [-0.4, -0.2) is 86.6 Å². The standard InChI is InChI=1S/C6H14O3.C3H8O3.C2H4O2S/c1-2-6(3-7,4-8)5-9;4-1-3(6)2-5;3-2(4)1-5/h7-9H,2-5H2,1H3;3-6H,1-2H2;5H,1H2,(H,3,4). The Bertz CT molecular complexity index is 189. The predicted octanol–water partition coefficient (Wildman–Crippen LogP) is -2.31. The molecule has 0 unspecified atom stereocenters. The number of aliphatic hydroxyl groups excluding tert-OH is 6. The van der Waals surface area contributed by atoms with Gasteiger partial charge in [0.05, 0.1) is 38.8 Å². The van der Waals surface area contributed by atoms with Crippen LogP contribution in [0.4, 0.5) is 0 Å². The zero-order valence-corrected chi connectivity index (χ0v) is 12.4. The maximum absolute atomic E-state index is 9.29. The van der Waals surface area contributed by atoms with E-state index < -0.39 is 17.5 Å². The van der Waals surface area contributed by atoms with Gasteiger partial charge in [-0.05, 0) is 6.42 Å². The van der Waals surface area contributed by atoms with Gasteiger partial charge >= 0.3 is 5.97 Å². The monoisotopic (exact) mass is 318 g/mol. The maximum Gasteiger partial charge on any atom is 0.313 e. The van der Waals surface area contributed by atoms with Crippen molar-refractivity contribution >= 4 is 18.6 Å². The third kappa shape index (κ3) is 15.6. The van der Waals surface area contributed by atoms with E-state index in [4.69, 9.17) is 35.7 Å². The molecule has 0 rings (SSSR count). The van der Waals surface area contributed by atoms with Crippen LogP contribution in [0.25, 0.3) is 0 Å². The summed E-state index contributed by atoms with van der Waals surface area (Å²) in [6, 6.07) is 0. The first-order chi connectivity index (χ1) is 9.32. The molecule has 0 aliphatic carbocycles. The summed E-state index contributed by atoms with van der Waals surface area (Å²) in [4.78, 5) is 9.29. The molecule has 0 aromatic carbocycles. The number of aliphatic carboxylic acids is 1. The minimum atomic E-state index is -0.954. The van der Waals surface area contributed by atoms with E-state index in [2.05, 4.69) is 12.6 Å². The topological polar surface area (TPSA) is 159 Å². The highest BCUT2D eigenvalue weighted by molar-refractivity contribution is 7.81. The Morgan fingerprint density at radius 3 is 1.35 bits per heavy atom. The van der Waals surface area contributed by atoms with Crippen LogP contribution in [0.15, 0.2) is 0 Å². The third-order valence-electron chi connectivity index (χ3n) is 2.31. The first-order valence-corrected chi connectivity index (χ1v) is 6.51. The molecule has 0 aliphatic rings. The quantitative estimate of drug-likeness (QED) is 0.243. The summed E-state index contributed by atoms with van der Waals surface area (Å²) in [7, 11) is 0. The molecule has 0 heterocycles. The van der Waals surface area contributed by atoms with E-state index in [1.807, 2.05) is 6.92 Å². The van der Waals surface area contributed by atoms with Crippen LogP contribution in [0.1, 0.15) is 13.3 Å². The van der Waals surface area contributed by atoms with Crippen molar-refractivity contribution in [1.82, 2.24) is 0 Å². The second kappa shape index (κ2) is 16.6. The molecule has 0 fully saturated rings. The largest absolute Gasteiger partial charge is 0.481 e. The van der Waals surface area contributed by atoms with E-state index in [0.29, 0.717) is 6.42 Å². The zero-order chi connectivity index (χ0) is 16.6. The second-order valence-electron chi connectivity index (χ2n) is 3.90. The molecule has 0 radical (unpaired) electrons. The van der Waals surface area contributed by atoms with E-state index in [9.17, 15) is 4.79 Å². The van der Waals surface area contributed by atoms with Gasteiger partial charge in [0.2, 0.25) is 0 Å². The van der Waals surface area contributed by atoms with Gasteiger partial charge in [-0.15, -0.1) is 0 Å². The van der Waals surface area contributed by atoms with Crippen LogP contribution >= 0.6 is 12.6 Å². The van der Waals surface area contributed by atoms with Crippen molar-refractivity contribution in [2.24, 2.45) is 5.41 Å². The van der Waals surface area contributed by atoms with Gasteiger partial charge < -0.3 is 35.7 Å². The minimum absolute atomic E-state index is 0.0833. The van der Waals surface area contributed by atoms with E-state index in [0.717, 1.165) is 0 Å². The van der Waals surface area contributed by atoms with Crippen molar-refractivity contribution in [3.8, 4) is 0 Å². The van der Waals surface area contributed by atoms with Gasteiger partial charge in [0.15, 0.2) is 0 Å². The molecule has 20 heavy (non-hydrogen) atoms. The fraction of sp³-hybridized carbons (Fsp3) is 0.909. The van der Waals surface area contributed by atoms with Crippen LogP contribution in [0, 0.1) is 5.41 Å². The summed E-state index contributed by atoms with van der Waals surface area (Å²) < 4.78 is 0. The van der Waals surface area contributed by atoms with Gasteiger partial charge in [-0.3, -0.25) is 4.79 Å². The lowest BCUT2D eigenvalue weighted by molar-refractivity contribution is -0.133. The predicted molar refractivity (Wildman–Crippen MR) is 75.6 cm³/mol. The fourth-order valence-corrected chi connectivity index (χ4v) is 0.543. The number of carboxylic acids is 1. The molecule has 0 spiro atoms. The number of hydrogen-bond donors (Lipinski definition) is 8. The number of thiol groups is 1. The molecule has 9 heteroatoms. The number of aliphatic hydroxyl groups is 6. The molecule has 0 saturated heterocycles. The molecule has 7 N–H and O–H groups in total. The normalized spacial score (nSPS) is 10.2. The van der Waals surface area contributed by atoms with Crippen LogP contribution in [0.5, 0.6) is 0 Å². The molecule has 0 bridgehead atoms. The van der Waals surface area contributed by atoms with E-state index in [1.165, 1.54) is 0 Å². The van der Waals surface area contributed by atoms with Gasteiger partial charge in [0.25, 0.3) is 0 Å².